The Hall–Kier alpha value is -2.67. The van der Waals surface area contributed by atoms with Gasteiger partial charge in [-0.25, -0.2) is 22.9 Å². The van der Waals surface area contributed by atoms with E-state index in [2.05, 4.69) is 4.98 Å². The van der Waals surface area contributed by atoms with Crippen LogP contribution >= 0.6 is 0 Å². The minimum absolute atomic E-state index is 0.0303. The van der Waals surface area contributed by atoms with E-state index in [0.29, 0.717) is 5.65 Å². The molecule has 0 aliphatic carbocycles. The Morgan fingerprint density at radius 2 is 1.81 bits per heavy atom. The molecule has 0 saturated carbocycles. The maximum Gasteiger partial charge on any atom is 0.341 e. The van der Waals surface area contributed by atoms with Gasteiger partial charge in [-0.3, -0.25) is 4.57 Å². The third-order valence-corrected chi connectivity index (χ3v) is 4.28. The number of hydrogen-bond donors (Lipinski definition) is 1. The zero-order chi connectivity index (χ0) is 14.9. The minimum Gasteiger partial charge on any atom is -0.252 e. The molecular formula is C14H11N3O3S. The fraction of sp³-hybridized carbons (Fsp3) is 0. The van der Waals surface area contributed by atoms with Gasteiger partial charge in [-0.1, -0.05) is 18.2 Å². The number of nitrogens with one attached hydrogen (secondary N) is 1. The van der Waals surface area contributed by atoms with E-state index in [1.165, 1.54) is 24.5 Å². The summed E-state index contributed by atoms with van der Waals surface area (Å²) in [5, 5.41) is 0.754. The fourth-order valence-corrected chi connectivity index (χ4v) is 2.91. The van der Waals surface area contributed by atoms with Crippen molar-refractivity contribution >= 4 is 27.1 Å². The zero-order valence-electron chi connectivity index (χ0n) is 10.8. The Bertz CT molecular complexity index is 901. The molecule has 6 nitrogen and oxygen atoms in total. The number of nitrogens with zero attached hydrogens (tertiary/aromatic N) is 2. The van der Waals surface area contributed by atoms with E-state index in [0.717, 1.165) is 9.95 Å². The Balaban J connectivity index is 1.94. The van der Waals surface area contributed by atoms with Crippen LogP contribution in [0.25, 0.3) is 11.0 Å². The molecule has 2 heterocycles. The average molecular weight is 301 g/mol. The molecule has 21 heavy (non-hydrogen) atoms. The fourth-order valence-electron chi connectivity index (χ4n) is 1.95. The van der Waals surface area contributed by atoms with Crippen molar-refractivity contribution in [3.05, 3.63) is 60.9 Å². The van der Waals surface area contributed by atoms with Gasteiger partial charge in [-0.05, 0) is 30.3 Å². The molecule has 106 valence electrons. The van der Waals surface area contributed by atoms with E-state index in [9.17, 15) is 13.2 Å². The van der Waals surface area contributed by atoms with Gasteiger partial charge in [0, 0.05) is 17.8 Å². The van der Waals surface area contributed by atoms with Crippen LogP contribution in [0.3, 0.4) is 0 Å². The van der Waals surface area contributed by atoms with Crippen molar-refractivity contribution in [1.82, 2.24) is 14.3 Å². The second kappa shape index (κ2) is 5.02. The number of amides is 1. The summed E-state index contributed by atoms with van der Waals surface area (Å²) in [5.41, 5.74) is 0.401. The van der Waals surface area contributed by atoms with Gasteiger partial charge >= 0.3 is 6.03 Å². The van der Waals surface area contributed by atoms with E-state index in [4.69, 9.17) is 0 Å². The molecule has 3 aromatic rings. The molecule has 0 spiro atoms. The van der Waals surface area contributed by atoms with E-state index in [-0.39, 0.29) is 4.90 Å². The van der Waals surface area contributed by atoms with Gasteiger partial charge in [0.2, 0.25) is 0 Å². The number of benzene rings is 1. The lowest BCUT2D eigenvalue weighted by Gasteiger charge is -2.07. The molecule has 0 bridgehead atoms. The van der Waals surface area contributed by atoms with Crippen LogP contribution in [0.2, 0.25) is 0 Å². The van der Waals surface area contributed by atoms with E-state index in [1.54, 1.807) is 36.4 Å². The molecule has 2 aromatic heterocycles. The molecule has 7 heteroatoms. The molecule has 0 aliphatic heterocycles. The molecule has 0 radical (unpaired) electrons. The highest BCUT2D eigenvalue weighted by molar-refractivity contribution is 7.90. The molecule has 3 rings (SSSR count). The minimum atomic E-state index is -3.90. The summed E-state index contributed by atoms with van der Waals surface area (Å²) in [6.45, 7) is 0. The highest BCUT2D eigenvalue weighted by Crippen LogP contribution is 2.13. The Morgan fingerprint density at radius 1 is 1.05 bits per heavy atom. The van der Waals surface area contributed by atoms with E-state index in [1.807, 2.05) is 4.72 Å². The normalized spacial score (nSPS) is 11.4. The van der Waals surface area contributed by atoms with Crippen LogP contribution in [-0.2, 0) is 10.0 Å². The van der Waals surface area contributed by atoms with Crippen LogP contribution < -0.4 is 4.72 Å². The van der Waals surface area contributed by atoms with Gasteiger partial charge in [-0.15, -0.1) is 0 Å². The Kier molecular flexibility index (Phi) is 3.19. The number of fused-ring (bicyclic) bond motifs is 1. The van der Waals surface area contributed by atoms with E-state index >= 15 is 0 Å². The van der Waals surface area contributed by atoms with Crippen molar-refractivity contribution in [2.45, 2.75) is 4.90 Å². The Morgan fingerprint density at radius 3 is 2.57 bits per heavy atom. The van der Waals surface area contributed by atoms with Gasteiger partial charge in [0.05, 0.1) is 4.90 Å². The quantitative estimate of drug-likeness (QED) is 0.784. The van der Waals surface area contributed by atoms with Crippen molar-refractivity contribution in [1.29, 1.82) is 0 Å². The molecule has 0 saturated heterocycles. The summed E-state index contributed by atoms with van der Waals surface area (Å²) >= 11 is 0. The summed E-state index contributed by atoms with van der Waals surface area (Å²) in [6, 6.07) is 12.2. The summed E-state index contributed by atoms with van der Waals surface area (Å²) in [4.78, 5) is 16.2. The first-order valence-electron chi connectivity index (χ1n) is 6.12. The van der Waals surface area contributed by atoms with Gasteiger partial charge < -0.3 is 0 Å². The summed E-state index contributed by atoms with van der Waals surface area (Å²) < 4.78 is 27.4. The van der Waals surface area contributed by atoms with Crippen LogP contribution in [0.15, 0.2) is 65.8 Å². The van der Waals surface area contributed by atoms with Crippen LogP contribution in [0.1, 0.15) is 0 Å². The van der Waals surface area contributed by atoms with Crippen molar-refractivity contribution in [2.75, 3.05) is 0 Å². The lowest BCUT2D eigenvalue weighted by molar-refractivity contribution is 0.248. The molecular weight excluding hydrogens is 290 g/mol. The van der Waals surface area contributed by atoms with Gasteiger partial charge in [-0.2, -0.15) is 0 Å². The van der Waals surface area contributed by atoms with Crippen LogP contribution in [0, 0.1) is 0 Å². The summed E-state index contributed by atoms with van der Waals surface area (Å²) in [5.74, 6) is 0. The molecule has 0 unspecified atom stereocenters. The summed E-state index contributed by atoms with van der Waals surface area (Å²) in [6.07, 6.45) is 3.02. The first-order chi connectivity index (χ1) is 10.1. The molecule has 1 aromatic carbocycles. The lowest BCUT2D eigenvalue weighted by atomic mass is 10.3. The second-order valence-corrected chi connectivity index (χ2v) is 6.01. The van der Waals surface area contributed by atoms with Crippen molar-refractivity contribution in [3.63, 3.8) is 0 Å². The maximum atomic E-state index is 12.1. The van der Waals surface area contributed by atoms with E-state index < -0.39 is 16.1 Å². The Labute approximate surface area is 121 Å². The van der Waals surface area contributed by atoms with Crippen molar-refractivity contribution in [3.8, 4) is 0 Å². The predicted molar refractivity (Wildman–Crippen MR) is 77.3 cm³/mol. The molecule has 1 amide bonds. The number of rotatable bonds is 2. The highest BCUT2D eigenvalue weighted by atomic mass is 32.2. The molecule has 0 aliphatic rings. The number of carbonyl (C=O) groups excluding carboxylic acids is 1. The van der Waals surface area contributed by atoms with Crippen molar-refractivity contribution in [2.24, 2.45) is 0 Å². The van der Waals surface area contributed by atoms with Crippen LogP contribution in [0.4, 0.5) is 4.79 Å². The second-order valence-electron chi connectivity index (χ2n) is 4.33. The molecule has 0 fully saturated rings. The smallest absolute Gasteiger partial charge is 0.252 e. The van der Waals surface area contributed by atoms with Crippen LogP contribution in [0.5, 0.6) is 0 Å². The van der Waals surface area contributed by atoms with Crippen LogP contribution in [-0.4, -0.2) is 24.0 Å². The summed E-state index contributed by atoms with van der Waals surface area (Å²) in [7, 11) is -3.90. The number of carbonyl (C=O) groups is 1. The highest BCUT2D eigenvalue weighted by Gasteiger charge is 2.19. The first kappa shape index (κ1) is 13.3. The van der Waals surface area contributed by atoms with Gasteiger partial charge in [0.15, 0.2) is 0 Å². The SMILES string of the molecule is O=C(NS(=O)(=O)c1ccccc1)n1ccc2cccnc21. The van der Waals surface area contributed by atoms with Gasteiger partial charge in [0.1, 0.15) is 5.65 Å². The topological polar surface area (TPSA) is 81.1 Å². The number of sulfonamides is 1. The first-order valence-corrected chi connectivity index (χ1v) is 7.60. The maximum absolute atomic E-state index is 12.1. The van der Waals surface area contributed by atoms with Gasteiger partial charge in [0.25, 0.3) is 10.0 Å². The standard InChI is InChI=1S/C14H11N3O3S/c18-14(16-21(19,20)12-6-2-1-3-7-12)17-10-8-11-5-4-9-15-13(11)17/h1-10H,(H,16,18). The lowest BCUT2D eigenvalue weighted by Crippen LogP contribution is -2.33. The number of pyridine rings is 1. The molecule has 0 atom stereocenters. The third-order valence-electron chi connectivity index (χ3n) is 2.94. The van der Waals surface area contributed by atoms with Crippen molar-refractivity contribution < 1.29 is 13.2 Å². The largest absolute Gasteiger partial charge is 0.341 e. The predicted octanol–water partition coefficient (Wildman–Crippen LogP) is 1.98. The third kappa shape index (κ3) is 2.50. The molecule has 1 N–H and O–H groups in total. The zero-order valence-corrected chi connectivity index (χ0v) is 11.6. The number of hydrogen-bond acceptors (Lipinski definition) is 4. The number of aromatic nitrogens is 2. The monoisotopic (exact) mass is 301 g/mol. The average Bonchev–Trinajstić information content (AvgIpc) is 2.92.